The van der Waals surface area contributed by atoms with Crippen LogP contribution in [0.5, 0.6) is 23.0 Å². The maximum atomic E-state index is 13.3. The third-order valence-electron chi connectivity index (χ3n) is 5.27. The number of anilines is 3. The van der Waals surface area contributed by atoms with Crippen LogP contribution in [-0.4, -0.2) is 8.42 Å². The molecule has 2 aliphatic rings. The molecule has 30 heavy (non-hydrogen) atoms. The molecule has 0 bridgehead atoms. The minimum atomic E-state index is -3.70. The van der Waals surface area contributed by atoms with E-state index in [2.05, 4.69) is 0 Å². The number of hydrogen-bond acceptors (Lipinski definition) is 5. The van der Waals surface area contributed by atoms with E-state index in [0.29, 0.717) is 28.7 Å². The molecule has 6 heteroatoms. The van der Waals surface area contributed by atoms with Gasteiger partial charge in [0, 0.05) is 5.69 Å². The standard InChI is InChI=1S/C24H15NO4S/c26-30(27)23-12-6-5-11-21(23)29-22-14-13-16(15-24(22)30)25-17-7-1-3-9-19(17)28-20-10-4-2-8-18(20)25/h1-15H. The van der Waals surface area contributed by atoms with Gasteiger partial charge in [0.25, 0.3) is 0 Å². The molecule has 0 atom stereocenters. The molecule has 0 N–H and O–H groups in total. The van der Waals surface area contributed by atoms with Crippen molar-refractivity contribution in [3.8, 4) is 23.0 Å². The summed E-state index contributed by atoms with van der Waals surface area (Å²) in [6, 6.07) is 27.3. The SMILES string of the molecule is O=S1(=O)c2ccccc2Oc2ccc(N3c4ccccc4Oc4ccccc43)cc21. The van der Waals surface area contributed by atoms with Crippen molar-refractivity contribution < 1.29 is 17.9 Å². The van der Waals surface area contributed by atoms with Gasteiger partial charge in [-0.25, -0.2) is 8.42 Å². The minimum Gasteiger partial charge on any atom is -0.455 e. The molecule has 0 spiro atoms. The summed E-state index contributed by atoms with van der Waals surface area (Å²) in [5.41, 5.74) is 2.39. The second kappa shape index (κ2) is 6.11. The number of rotatable bonds is 1. The molecule has 5 nitrogen and oxygen atoms in total. The predicted octanol–water partition coefficient (Wildman–Crippen LogP) is 6.20. The molecule has 0 aromatic heterocycles. The fourth-order valence-corrected chi connectivity index (χ4v) is 5.43. The van der Waals surface area contributed by atoms with Crippen molar-refractivity contribution in [1.82, 2.24) is 0 Å². The zero-order valence-electron chi connectivity index (χ0n) is 15.6. The Labute approximate surface area is 173 Å². The molecule has 0 unspecified atom stereocenters. The number of fused-ring (bicyclic) bond motifs is 4. The molecule has 2 heterocycles. The summed E-state index contributed by atoms with van der Waals surface area (Å²) in [6.45, 7) is 0. The first-order valence-electron chi connectivity index (χ1n) is 9.45. The zero-order valence-corrected chi connectivity index (χ0v) is 16.5. The van der Waals surface area contributed by atoms with Crippen molar-refractivity contribution in [2.24, 2.45) is 0 Å². The maximum Gasteiger partial charge on any atom is 0.214 e. The first-order chi connectivity index (χ1) is 14.6. The van der Waals surface area contributed by atoms with Crippen LogP contribution >= 0.6 is 0 Å². The summed E-state index contributed by atoms with van der Waals surface area (Å²) in [5.74, 6) is 2.09. The molecule has 0 saturated heterocycles. The van der Waals surface area contributed by atoms with E-state index >= 15 is 0 Å². The molecule has 4 aromatic carbocycles. The summed E-state index contributed by atoms with van der Waals surface area (Å²) in [7, 11) is -3.70. The summed E-state index contributed by atoms with van der Waals surface area (Å²) in [6.07, 6.45) is 0. The van der Waals surface area contributed by atoms with Gasteiger partial charge in [-0.15, -0.1) is 0 Å². The van der Waals surface area contributed by atoms with Crippen molar-refractivity contribution in [2.75, 3.05) is 4.90 Å². The smallest absolute Gasteiger partial charge is 0.214 e. The third-order valence-corrected chi connectivity index (χ3v) is 7.08. The van der Waals surface area contributed by atoms with Crippen molar-refractivity contribution in [2.45, 2.75) is 9.79 Å². The highest BCUT2D eigenvalue weighted by Crippen LogP contribution is 2.52. The molecular weight excluding hydrogens is 398 g/mol. The quantitative estimate of drug-likeness (QED) is 0.321. The van der Waals surface area contributed by atoms with Crippen LogP contribution < -0.4 is 14.4 Å². The highest BCUT2D eigenvalue weighted by molar-refractivity contribution is 7.91. The van der Waals surface area contributed by atoms with Crippen LogP contribution in [0.3, 0.4) is 0 Å². The third kappa shape index (κ3) is 2.37. The van der Waals surface area contributed by atoms with Gasteiger partial charge in [0.15, 0.2) is 11.5 Å². The van der Waals surface area contributed by atoms with Crippen LogP contribution in [0.4, 0.5) is 17.1 Å². The molecule has 4 aromatic rings. The number of para-hydroxylation sites is 5. The molecule has 6 rings (SSSR count). The Bertz CT molecular complexity index is 1380. The number of benzene rings is 4. The van der Waals surface area contributed by atoms with E-state index in [1.165, 1.54) is 0 Å². The van der Waals surface area contributed by atoms with Crippen LogP contribution in [0.15, 0.2) is 101 Å². The van der Waals surface area contributed by atoms with Gasteiger partial charge in [-0.3, -0.25) is 0 Å². The average molecular weight is 413 g/mol. The van der Waals surface area contributed by atoms with E-state index in [1.54, 1.807) is 36.4 Å². The van der Waals surface area contributed by atoms with Gasteiger partial charge >= 0.3 is 0 Å². The Balaban J connectivity index is 1.57. The minimum absolute atomic E-state index is 0.153. The lowest BCUT2D eigenvalue weighted by Crippen LogP contribution is -2.17. The van der Waals surface area contributed by atoms with Crippen molar-refractivity contribution in [1.29, 1.82) is 0 Å². The van der Waals surface area contributed by atoms with E-state index < -0.39 is 9.84 Å². The highest BCUT2D eigenvalue weighted by atomic mass is 32.2. The first-order valence-corrected chi connectivity index (χ1v) is 10.9. The van der Waals surface area contributed by atoms with E-state index in [9.17, 15) is 8.42 Å². The molecule has 0 aliphatic carbocycles. The predicted molar refractivity (Wildman–Crippen MR) is 113 cm³/mol. The zero-order chi connectivity index (χ0) is 20.3. The monoisotopic (exact) mass is 413 g/mol. The van der Waals surface area contributed by atoms with Crippen molar-refractivity contribution >= 4 is 26.9 Å². The average Bonchev–Trinajstić information content (AvgIpc) is 2.77. The molecule has 146 valence electrons. The Morgan fingerprint density at radius 2 is 1.10 bits per heavy atom. The molecule has 2 aliphatic heterocycles. The van der Waals surface area contributed by atoms with Gasteiger partial charge in [0.2, 0.25) is 9.84 Å². The van der Waals surface area contributed by atoms with E-state index in [-0.39, 0.29) is 9.79 Å². The van der Waals surface area contributed by atoms with Gasteiger partial charge in [0.05, 0.1) is 11.4 Å². The summed E-state index contributed by atoms with van der Waals surface area (Å²) >= 11 is 0. The highest BCUT2D eigenvalue weighted by Gasteiger charge is 2.33. The van der Waals surface area contributed by atoms with E-state index in [1.807, 2.05) is 59.5 Å². The second-order valence-electron chi connectivity index (χ2n) is 7.06. The van der Waals surface area contributed by atoms with Gasteiger partial charge in [0.1, 0.15) is 21.3 Å². The molecule has 0 amide bonds. The van der Waals surface area contributed by atoms with E-state index in [4.69, 9.17) is 9.47 Å². The van der Waals surface area contributed by atoms with Crippen molar-refractivity contribution in [3.05, 3.63) is 91.0 Å². The lowest BCUT2D eigenvalue weighted by atomic mass is 10.1. The molecule has 0 saturated carbocycles. The fraction of sp³-hybridized carbons (Fsp3) is 0. The fourth-order valence-electron chi connectivity index (χ4n) is 3.91. The topological polar surface area (TPSA) is 55.8 Å². The number of sulfone groups is 1. The molecule has 0 radical (unpaired) electrons. The first kappa shape index (κ1) is 17.1. The van der Waals surface area contributed by atoms with Crippen LogP contribution in [0.1, 0.15) is 0 Å². The summed E-state index contributed by atoms with van der Waals surface area (Å²) in [4.78, 5) is 2.34. The van der Waals surface area contributed by atoms with Crippen molar-refractivity contribution in [3.63, 3.8) is 0 Å². The lowest BCUT2D eigenvalue weighted by Gasteiger charge is -2.33. The molecule has 0 fully saturated rings. The van der Waals surface area contributed by atoms with Gasteiger partial charge < -0.3 is 14.4 Å². The Morgan fingerprint density at radius 3 is 1.80 bits per heavy atom. The van der Waals surface area contributed by atoms with Crippen LogP contribution in [-0.2, 0) is 9.84 Å². The Hall–Kier alpha value is -3.77. The van der Waals surface area contributed by atoms with Crippen LogP contribution in [0, 0.1) is 0 Å². The normalized spacial score (nSPS) is 15.0. The lowest BCUT2D eigenvalue weighted by molar-refractivity contribution is 0.443. The summed E-state index contributed by atoms with van der Waals surface area (Å²) in [5, 5.41) is 0. The number of nitrogens with zero attached hydrogens (tertiary/aromatic N) is 1. The largest absolute Gasteiger partial charge is 0.455 e. The van der Waals surface area contributed by atoms with Crippen LogP contribution in [0.25, 0.3) is 0 Å². The number of ether oxygens (including phenoxy) is 2. The van der Waals surface area contributed by atoms with Gasteiger partial charge in [-0.2, -0.15) is 0 Å². The van der Waals surface area contributed by atoms with Crippen LogP contribution in [0.2, 0.25) is 0 Å². The van der Waals surface area contributed by atoms with E-state index in [0.717, 1.165) is 11.4 Å². The number of hydrogen-bond donors (Lipinski definition) is 0. The Morgan fingerprint density at radius 1 is 0.567 bits per heavy atom. The van der Waals surface area contributed by atoms with Gasteiger partial charge in [-0.05, 0) is 54.6 Å². The summed E-state index contributed by atoms with van der Waals surface area (Å²) < 4.78 is 38.5. The molecular formula is C24H15NO4S. The van der Waals surface area contributed by atoms with Gasteiger partial charge in [-0.1, -0.05) is 36.4 Å². The maximum absolute atomic E-state index is 13.3. The Kier molecular flexibility index (Phi) is 3.49. The second-order valence-corrected chi connectivity index (χ2v) is 8.94.